The molecule has 0 fully saturated rings. The van der Waals surface area contributed by atoms with E-state index in [1.165, 1.54) is 98.5 Å². The maximum atomic E-state index is 4.21. The number of nitrogens with zero attached hydrogens (tertiary/aromatic N) is 4. The SMILES string of the molecule is CC(C)(C)c1ccc(-c2ccccc2N2c3cc4c(cc3B3c5cc6c7ccccc7n(-c7ccccc7)c6cc5Nc5cc(-c6ccc7c(c6)c6ccccc6n7-c6ccccc6)cc2c53)c2ccccc2n4-c2ccccc2)cc1. The first-order valence-electron chi connectivity index (χ1n) is 28.6. The fourth-order valence-corrected chi connectivity index (χ4v) is 14.0. The monoisotopic (exact) mass is 1050 g/mol. The Balaban J connectivity index is 0.988. The Morgan fingerprint density at radius 1 is 0.317 bits per heavy atom. The molecule has 6 heteroatoms. The molecule has 5 heterocycles. The summed E-state index contributed by atoms with van der Waals surface area (Å²) in [7, 11) is 0. The fourth-order valence-electron chi connectivity index (χ4n) is 14.0. The van der Waals surface area contributed by atoms with Crippen LogP contribution in [0.1, 0.15) is 26.3 Å². The Labute approximate surface area is 476 Å². The second-order valence-electron chi connectivity index (χ2n) is 23.4. The lowest BCUT2D eigenvalue weighted by Gasteiger charge is -2.42. The quantitative estimate of drug-likeness (QED) is 0.168. The van der Waals surface area contributed by atoms with Crippen molar-refractivity contribution in [3.63, 3.8) is 0 Å². The molecule has 0 radical (unpaired) electrons. The van der Waals surface area contributed by atoms with E-state index < -0.39 is 0 Å². The molecule has 3 aromatic heterocycles. The average Bonchev–Trinajstić information content (AvgIpc) is 2.33. The van der Waals surface area contributed by atoms with Crippen LogP contribution in [0.4, 0.5) is 28.4 Å². The third-order valence-electron chi connectivity index (χ3n) is 17.7. The smallest absolute Gasteiger partial charge is 0.252 e. The van der Waals surface area contributed by atoms with Crippen LogP contribution in [0.3, 0.4) is 0 Å². The Kier molecular flexibility index (Phi) is 10.0. The van der Waals surface area contributed by atoms with Gasteiger partial charge in [0.1, 0.15) is 0 Å². The number of benzene rings is 12. The minimum absolute atomic E-state index is 0.0196. The molecule has 0 unspecified atom stereocenters. The third-order valence-corrected chi connectivity index (χ3v) is 17.7. The number of rotatable bonds is 6. The van der Waals surface area contributed by atoms with Gasteiger partial charge in [-0.2, -0.15) is 0 Å². The highest BCUT2D eigenvalue weighted by atomic mass is 15.2. The second-order valence-corrected chi connectivity index (χ2v) is 23.4. The molecule has 2 aliphatic rings. The normalized spacial score (nSPS) is 12.9. The predicted octanol–water partition coefficient (Wildman–Crippen LogP) is 18.0. The molecule has 2 aliphatic heterocycles. The zero-order chi connectivity index (χ0) is 54.4. The van der Waals surface area contributed by atoms with Gasteiger partial charge in [0.25, 0.3) is 6.71 Å². The zero-order valence-corrected chi connectivity index (χ0v) is 45.8. The fraction of sp³-hybridized carbons (Fsp3) is 0.0526. The van der Waals surface area contributed by atoms with Crippen molar-refractivity contribution >= 4 is 117 Å². The van der Waals surface area contributed by atoms with Gasteiger partial charge >= 0.3 is 0 Å². The highest BCUT2D eigenvalue weighted by molar-refractivity contribution is 7.00. The number of fused-ring (bicyclic) bond motifs is 13. The van der Waals surface area contributed by atoms with Gasteiger partial charge in [0.2, 0.25) is 0 Å². The Morgan fingerprint density at radius 2 is 0.793 bits per heavy atom. The lowest BCUT2D eigenvalue weighted by Crippen LogP contribution is -2.60. The first kappa shape index (κ1) is 46.6. The summed E-state index contributed by atoms with van der Waals surface area (Å²) in [6, 6.07) is 99.6. The van der Waals surface area contributed by atoms with Crippen molar-refractivity contribution in [2.75, 3.05) is 10.2 Å². The minimum Gasteiger partial charge on any atom is -0.356 e. The molecule has 1 N–H and O–H groups in total. The summed E-state index contributed by atoms with van der Waals surface area (Å²) < 4.78 is 7.31. The highest BCUT2D eigenvalue weighted by Gasteiger charge is 2.43. The van der Waals surface area contributed by atoms with Gasteiger partial charge in [-0.15, -0.1) is 0 Å². The zero-order valence-electron chi connectivity index (χ0n) is 45.8. The molecule has 12 aromatic carbocycles. The van der Waals surface area contributed by atoms with Crippen LogP contribution in [0.25, 0.3) is 105 Å². The molecule has 0 amide bonds. The van der Waals surface area contributed by atoms with Crippen LogP contribution < -0.4 is 26.6 Å². The van der Waals surface area contributed by atoms with Gasteiger partial charge in [0.05, 0.1) is 38.8 Å². The van der Waals surface area contributed by atoms with E-state index in [0.29, 0.717) is 0 Å². The molecular formula is C76H54BN5. The molecule has 0 atom stereocenters. The van der Waals surface area contributed by atoms with Crippen LogP contribution in [0, 0.1) is 0 Å². The van der Waals surface area contributed by atoms with E-state index in [2.05, 4.69) is 312 Å². The summed E-state index contributed by atoms with van der Waals surface area (Å²) in [6.07, 6.45) is 0. The number of anilines is 5. The van der Waals surface area contributed by atoms with Crippen LogP contribution in [-0.2, 0) is 5.41 Å². The van der Waals surface area contributed by atoms with E-state index in [4.69, 9.17) is 0 Å². The van der Waals surface area contributed by atoms with Gasteiger partial charge in [-0.25, -0.2) is 0 Å². The van der Waals surface area contributed by atoms with Crippen molar-refractivity contribution in [2.45, 2.75) is 26.2 Å². The summed E-state index contributed by atoms with van der Waals surface area (Å²) in [5.74, 6) is 0. The van der Waals surface area contributed by atoms with E-state index in [1.54, 1.807) is 0 Å². The van der Waals surface area contributed by atoms with E-state index in [1.807, 2.05) is 0 Å². The molecule has 386 valence electrons. The maximum absolute atomic E-state index is 4.21. The minimum atomic E-state index is -0.127. The molecule has 0 aliphatic carbocycles. The number of para-hydroxylation sites is 7. The summed E-state index contributed by atoms with van der Waals surface area (Å²) in [4.78, 5) is 2.61. The lowest BCUT2D eigenvalue weighted by molar-refractivity contribution is 0.590. The van der Waals surface area contributed by atoms with Crippen LogP contribution >= 0.6 is 0 Å². The molecule has 0 saturated heterocycles. The van der Waals surface area contributed by atoms with Crippen molar-refractivity contribution in [2.24, 2.45) is 0 Å². The molecule has 15 aromatic rings. The molecule has 5 nitrogen and oxygen atoms in total. The Morgan fingerprint density at radius 3 is 1.38 bits per heavy atom. The van der Waals surface area contributed by atoms with Crippen molar-refractivity contribution < 1.29 is 0 Å². The number of aromatic nitrogens is 3. The van der Waals surface area contributed by atoms with Crippen LogP contribution in [0.2, 0.25) is 0 Å². The largest absolute Gasteiger partial charge is 0.356 e. The van der Waals surface area contributed by atoms with Crippen LogP contribution in [0.5, 0.6) is 0 Å². The molecule has 17 rings (SSSR count). The van der Waals surface area contributed by atoms with Crippen molar-refractivity contribution in [3.05, 3.63) is 272 Å². The van der Waals surface area contributed by atoms with E-state index in [0.717, 1.165) is 56.6 Å². The molecule has 0 saturated carbocycles. The van der Waals surface area contributed by atoms with Gasteiger partial charge < -0.3 is 23.9 Å². The maximum Gasteiger partial charge on any atom is 0.252 e. The molecular weight excluding hydrogens is 994 g/mol. The molecule has 82 heavy (non-hydrogen) atoms. The summed E-state index contributed by atoms with van der Waals surface area (Å²) in [5, 5.41) is 11.6. The van der Waals surface area contributed by atoms with Gasteiger partial charge in [0.15, 0.2) is 0 Å². The summed E-state index contributed by atoms with van der Waals surface area (Å²) in [6.45, 7) is 6.75. The Hall–Kier alpha value is -10.3. The van der Waals surface area contributed by atoms with Crippen LogP contribution in [-0.4, -0.2) is 20.4 Å². The van der Waals surface area contributed by atoms with Gasteiger partial charge in [-0.3, -0.25) is 0 Å². The first-order chi connectivity index (χ1) is 40.3. The van der Waals surface area contributed by atoms with E-state index >= 15 is 0 Å². The van der Waals surface area contributed by atoms with Gasteiger partial charge in [-0.05, 0) is 141 Å². The van der Waals surface area contributed by atoms with E-state index in [-0.39, 0.29) is 12.1 Å². The van der Waals surface area contributed by atoms with Gasteiger partial charge in [-0.1, -0.05) is 191 Å². The second kappa shape index (κ2) is 17.6. The number of hydrogen-bond donors (Lipinski definition) is 1. The summed E-state index contributed by atoms with van der Waals surface area (Å²) >= 11 is 0. The van der Waals surface area contributed by atoms with E-state index in [9.17, 15) is 0 Å². The number of hydrogen-bond acceptors (Lipinski definition) is 2. The molecule has 0 spiro atoms. The average molecular weight is 1050 g/mol. The summed E-state index contributed by atoms with van der Waals surface area (Å²) in [5.41, 5.74) is 25.9. The third kappa shape index (κ3) is 6.88. The van der Waals surface area contributed by atoms with Gasteiger partial charge in [0, 0.05) is 77.7 Å². The standard InChI is InChI=1S/C76H54BN5/c1-76(2,3)51-38-35-48(36-39-51)55-27-13-17-31-66(55)82-73-47-72-61(58-30-16-20-34-69(58)81(72)54-25-11-6-12-26-54)45-63(73)77-62-44-60-57-29-15-19-33-68(57)80(53-23-9-5-10-24-53)71(60)46-64(62)78-65-42-50(43-74(82)75(65)77)49-37-40-70-59(41-49)56-28-14-18-32-67(56)79(70)52-21-7-4-8-22-52/h4-47,78H,1-3H3. The van der Waals surface area contributed by atoms with Crippen molar-refractivity contribution in [3.8, 4) is 39.3 Å². The first-order valence-corrected chi connectivity index (χ1v) is 28.6. The number of nitrogens with one attached hydrogen (secondary N) is 1. The highest BCUT2D eigenvalue weighted by Crippen LogP contribution is 2.48. The Bertz CT molecular complexity index is 5100. The topological polar surface area (TPSA) is 30.1 Å². The van der Waals surface area contributed by atoms with Crippen LogP contribution in [0.15, 0.2) is 267 Å². The predicted molar refractivity (Wildman–Crippen MR) is 348 cm³/mol. The lowest BCUT2D eigenvalue weighted by atomic mass is 9.33. The van der Waals surface area contributed by atoms with Crippen molar-refractivity contribution in [1.29, 1.82) is 0 Å². The molecule has 0 bridgehead atoms. The van der Waals surface area contributed by atoms with Crippen molar-refractivity contribution in [1.82, 2.24) is 13.7 Å².